The molecule has 0 saturated carbocycles. The van der Waals surface area contributed by atoms with Crippen molar-refractivity contribution >= 4 is 5.82 Å². The van der Waals surface area contributed by atoms with E-state index in [0.717, 1.165) is 38.3 Å². The summed E-state index contributed by atoms with van der Waals surface area (Å²) in [6.45, 7) is 11.8. The molecule has 1 saturated heterocycles. The molecular formula is C15H29N5. The van der Waals surface area contributed by atoms with E-state index in [9.17, 15) is 0 Å². The minimum absolute atomic E-state index is 0.672. The van der Waals surface area contributed by atoms with Gasteiger partial charge in [0.25, 0.3) is 0 Å². The topological polar surface area (TPSA) is 50.3 Å². The highest BCUT2D eigenvalue weighted by Gasteiger charge is 2.29. The lowest BCUT2D eigenvalue weighted by Gasteiger charge is -2.27. The number of aryl methyl sites for hydroxylation is 2. The quantitative estimate of drug-likeness (QED) is 0.849. The van der Waals surface area contributed by atoms with E-state index >= 15 is 0 Å². The van der Waals surface area contributed by atoms with Crippen LogP contribution in [0.2, 0.25) is 0 Å². The van der Waals surface area contributed by atoms with Crippen LogP contribution in [0.3, 0.4) is 0 Å². The molecule has 0 aromatic carbocycles. The maximum Gasteiger partial charge on any atom is 0.130 e. The molecule has 5 heteroatoms. The summed E-state index contributed by atoms with van der Waals surface area (Å²) in [5.74, 6) is 1.28. The van der Waals surface area contributed by atoms with Crippen molar-refractivity contribution in [3.63, 3.8) is 0 Å². The molecule has 2 N–H and O–H groups in total. The van der Waals surface area contributed by atoms with Crippen molar-refractivity contribution in [2.45, 2.75) is 39.7 Å². The van der Waals surface area contributed by atoms with Crippen molar-refractivity contribution in [3.8, 4) is 0 Å². The van der Waals surface area contributed by atoms with Crippen molar-refractivity contribution in [2.75, 3.05) is 37.6 Å². The Hall–Kier alpha value is -1.07. The fourth-order valence-electron chi connectivity index (χ4n) is 3.49. The first-order chi connectivity index (χ1) is 9.62. The van der Waals surface area contributed by atoms with Gasteiger partial charge in [0.05, 0.1) is 5.69 Å². The second-order valence-corrected chi connectivity index (χ2v) is 5.66. The molecule has 2 rings (SSSR count). The van der Waals surface area contributed by atoms with Crippen LogP contribution in [0.1, 0.15) is 31.5 Å². The Bertz CT molecular complexity index is 436. The van der Waals surface area contributed by atoms with Crippen LogP contribution in [0, 0.1) is 6.92 Å². The molecule has 0 aliphatic carbocycles. The Balaban J connectivity index is 2.17. The number of nitrogens with zero attached hydrogens (tertiary/aromatic N) is 4. The second-order valence-electron chi connectivity index (χ2n) is 5.66. The van der Waals surface area contributed by atoms with E-state index in [1.807, 2.05) is 11.7 Å². The normalized spacial score (nSPS) is 19.3. The third-order valence-corrected chi connectivity index (χ3v) is 4.50. The summed E-state index contributed by atoms with van der Waals surface area (Å²) in [6.07, 6.45) is 2.16. The number of rotatable bonds is 6. The van der Waals surface area contributed by atoms with Gasteiger partial charge in [0.1, 0.15) is 5.82 Å². The van der Waals surface area contributed by atoms with Gasteiger partial charge in [0.15, 0.2) is 0 Å². The van der Waals surface area contributed by atoms with Crippen molar-refractivity contribution in [2.24, 2.45) is 12.8 Å². The number of likely N-dealkylation sites (N-methyl/N-ethyl adjacent to an activating group) is 1. The number of nitrogens with two attached hydrogens (primary N) is 1. The Morgan fingerprint density at radius 1 is 1.35 bits per heavy atom. The van der Waals surface area contributed by atoms with Crippen LogP contribution >= 0.6 is 0 Å². The predicted molar refractivity (Wildman–Crippen MR) is 84.2 cm³/mol. The molecule has 1 atom stereocenters. The van der Waals surface area contributed by atoms with Gasteiger partial charge >= 0.3 is 0 Å². The minimum Gasteiger partial charge on any atom is -0.355 e. The largest absolute Gasteiger partial charge is 0.355 e. The lowest BCUT2D eigenvalue weighted by molar-refractivity contribution is 0.232. The maximum atomic E-state index is 5.76. The zero-order chi connectivity index (χ0) is 14.7. The summed E-state index contributed by atoms with van der Waals surface area (Å²) in [5.41, 5.74) is 8.21. The lowest BCUT2D eigenvalue weighted by atomic mass is 10.1. The van der Waals surface area contributed by atoms with Gasteiger partial charge in [-0.15, -0.1) is 0 Å². The lowest BCUT2D eigenvalue weighted by Crippen LogP contribution is -2.37. The van der Waals surface area contributed by atoms with Crippen LogP contribution in [0.15, 0.2) is 0 Å². The number of hydrogen-bond donors (Lipinski definition) is 1. The first kappa shape index (κ1) is 15.3. The number of anilines is 1. The van der Waals surface area contributed by atoms with E-state index in [2.05, 4.69) is 35.7 Å². The van der Waals surface area contributed by atoms with Gasteiger partial charge < -0.3 is 10.6 Å². The van der Waals surface area contributed by atoms with Gasteiger partial charge in [-0.2, -0.15) is 5.10 Å². The molecular weight excluding hydrogens is 250 g/mol. The Labute approximate surface area is 122 Å². The van der Waals surface area contributed by atoms with Crippen LogP contribution in [0.25, 0.3) is 0 Å². The smallest absolute Gasteiger partial charge is 0.130 e. The minimum atomic E-state index is 0.672. The molecule has 2 heterocycles. The molecule has 0 spiro atoms. The summed E-state index contributed by atoms with van der Waals surface area (Å²) in [5, 5.41) is 4.59. The van der Waals surface area contributed by atoms with Gasteiger partial charge in [0, 0.05) is 31.7 Å². The standard InChI is InChI=1S/C15H29N5/c1-5-19(6-2)13-8-10-20(11-13)15-14(7-9-16)12(3)17-18(15)4/h13H,5-11,16H2,1-4H3. The monoisotopic (exact) mass is 279 g/mol. The molecule has 1 aromatic rings. The molecule has 114 valence electrons. The Kier molecular flexibility index (Phi) is 5.05. The molecule has 1 aliphatic rings. The summed E-state index contributed by atoms with van der Waals surface area (Å²) < 4.78 is 2.03. The van der Waals surface area contributed by atoms with E-state index in [4.69, 9.17) is 5.73 Å². The van der Waals surface area contributed by atoms with Crippen LogP contribution < -0.4 is 10.6 Å². The van der Waals surface area contributed by atoms with Gasteiger partial charge in [-0.25, -0.2) is 0 Å². The van der Waals surface area contributed by atoms with E-state index in [1.165, 1.54) is 17.8 Å². The van der Waals surface area contributed by atoms with Crippen LogP contribution in [0.5, 0.6) is 0 Å². The van der Waals surface area contributed by atoms with Gasteiger partial charge in [0.2, 0.25) is 0 Å². The SMILES string of the molecule is CCN(CC)C1CCN(c2c(CCN)c(C)nn2C)C1. The van der Waals surface area contributed by atoms with E-state index in [0.29, 0.717) is 12.6 Å². The van der Waals surface area contributed by atoms with E-state index < -0.39 is 0 Å². The van der Waals surface area contributed by atoms with Gasteiger partial charge in [-0.3, -0.25) is 9.58 Å². The van der Waals surface area contributed by atoms with Crippen LogP contribution in [0.4, 0.5) is 5.82 Å². The summed E-state index contributed by atoms with van der Waals surface area (Å²) >= 11 is 0. The number of hydrogen-bond acceptors (Lipinski definition) is 4. The Morgan fingerprint density at radius 3 is 2.65 bits per heavy atom. The van der Waals surface area contributed by atoms with Gasteiger partial charge in [-0.1, -0.05) is 13.8 Å². The molecule has 0 bridgehead atoms. The van der Waals surface area contributed by atoms with Crippen LogP contribution in [-0.4, -0.2) is 53.4 Å². The summed E-state index contributed by atoms with van der Waals surface area (Å²) in [7, 11) is 2.05. The molecule has 1 aliphatic heterocycles. The van der Waals surface area contributed by atoms with E-state index in [-0.39, 0.29) is 0 Å². The van der Waals surface area contributed by atoms with Gasteiger partial charge in [-0.05, 0) is 39.4 Å². The third kappa shape index (κ3) is 2.83. The second kappa shape index (κ2) is 6.59. The van der Waals surface area contributed by atoms with Crippen molar-refractivity contribution in [3.05, 3.63) is 11.3 Å². The molecule has 5 nitrogen and oxygen atoms in total. The van der Waals surface area contributed by atoms with E-state index in [1.54, 1.807) is 0 Å². The first-order valence-electron chi connectivity index (χ1n) is 7.83. The summed E-state index contributed by atoms with van der Waals surface area (Å²) in [4.78, 5) is 5.06. The summed E-state index contributed by atoms with van der Waals surface area (Å²) in [6, 6.07) is 0.672. The third-order valence-electron chi connectivity index (χ3n) is 4.50. The number of aromatic nitrogens is 2. The molecule has 0 radical (unpaired) electrons. The molecule has 1 unspecified atom stereocenters. The molecule has 1 aromatic heterocycles. The Morgan fingerprint density at radius 2 is 2.05 bits per heavy atom. The molecule has 1 fully saturated rings. The molecule has 0 amide bonds. The fourth-order valence-corrected chi connectivity index (χ4v) is 3.49. The van der Waals surface area contributed by atoms with Crippen molar-refractivity contribution in [1.29, 1.82) is 0 Å². The maximum absolute atomic E-state index is 5.76. The van der Waals surface area contributed by atoms with Crippen molar-refractivity contribution in [1.82, 2.24) is 14.7 Å². The van der Waals surface area contributed by atoms with Crippen LogP contribution in [-0.2, 0) is 13.5 Å². The highest BCUT2D eigenvalue weighted by molar-refractivity contribution is 5.51. The average Bonchev–Trinajstić information content (AvgIpc) is 2.98. The first-order valence-corrected chi connectivity index (χ1v) is 7.83. The van der Waals surface area contributed by atoms with Crippen molar-refractivity contribution < 1.29 is 0 Å². The highest BCUT2D eigenvalue weighted by Crippen LogP contribution is 2.28. The predicted octanol–water partition coefficient (Wildman–Crippen LogP) is 1.15. The zero-order valence-corrected chi connectivity index (χ0v) is 13.4. The highest BCUT2D eigenvalue weighted by atomic mass is 15.4. The zero-order valence-electron chi connectivity index (χ0n) is 13.4. The fraction of sp³-hybridized carbons (Fsp3) is 0.800. The average molecular weight is 279 g/mol. The molecule has 20 heavy (non-hydrogen) atoms.